The van der Waals surface area contributed by atoms with Gasteiger partial charge in [0.25, 0.3) is 10.0 Å². The molecule has 3 rings (SSSR count). The minimum absolute atomic E-state index is 0.190. The molecule has 122 valence electrons. The summed E-state index contributed by atoms with van der Waals surface area (Å²) in [6.07, 6.45) is 1.54. The maximum Gasteiger partial charge on any atom is 0.268 e. The first-order valence-electron chi connectivity index (χ1n) is 7.50. The smallest absolute Gasteiger partial charge is 0.268 e. The Labute approximate surface area is 136 Å². The van der Waals surface area contributed by atoms with Crippen molar-refractivity contribution in [3.63, 3.8) is 0 Å². The highest BCUT2D eigenvalue weighted by atomic mass is 32.2. The quantitative estimate of drug-likeness (QED) is 0.877. The van der Waals surface area contributed by atoms with E-state index < -0.39 is 10.0 Å². The van der Waals surface area contributed by atoms with E-state index in [1.165, 1.54) is 11.4 Å². The molecule has 0 amide bonds. The zero-order chi connectivity index (χ0) is 16.6. The van der Waals surface area contributed by atoms with Gasteiger partial charge in [0.05, 0.1) is 12.8 Å². The number of anilines is 2. The van der Waals surface area contributed by atoms with E-state index in [4.69, 9.17) is 10.5 Å². The van der Waals surface area contributed by atoms with E-state index in [0.29, 0.717) is 23.7 Å². The van der Waals surface area contributed by atoms with Gasteiger partial charge in [-0.1, -0.05) is 12.1 Å². The fourth-order valence-electron chi connectivity index (χ4n) is 2.97. The van der Waals surface area contributed by atoms with Crippen molar-refractivity contribution in [3.8, 4) is 5.75 Å². The molecular weight excluding hydrogens is 312 g/mol. The Hall–Kier alpha value is -2.21. The van der Waals surface area contributed by atoms with Gasteiger partial charge in [0.15, 0.2) is 0 Å². The van der Waals surface area contributed by atoms with Crippen LogP contribution in [-0.4, -0.2) is 22.1 Å². The minimum atomic E-state index is -3.70. The van der Waals surface area contributed by atoms with Crippen LogP contribution in [0.2, 0.25) is 0 Å². The number of hydrogen-bond donors (Lipinski definition) is 1. The number of aryl methyl sites for hydroxylation is 1. The van der Waals surface area contributed by atoms with Crippen molar-refractivity contribution < 1.29 is 13.2 Å². The molecule has 1 heterocycles. The molecule has 0 saturated carbocycles. The number of nitrogen functional groups attached to an aromatic ring is 1. The Balaban J connectivity index is 2.16. The predicted molar refractivity (Wildman–Crippen MR) is 91.4 cm³/mol. The third-order valence-electron chi connectivity index (χ3n) is 4.13. The summed E-state index contributed by atoms with van der Waals surface area (Å²) < 4.78 is 33.1. The van der Waals surface area contributed by atoms with E-state index in [1.54, 1.807) is 18.2 Å². The molecule has 5 nitrogen and oxygen atoms in total. The van der Waals surface area contributed by atoms with Crippen LogP contribution in [0.25, 0.3) is 0 Å². The zero-order valence-corrected chi connectivity index (χ0v) is 14.1. The first-order valence-corrected chi connectivity index (χ1v) is 8.94. The average molecular weight is 332 g/mol. The van der Waals surface area contributed by atoms with E-state index in [1.807, 2.05) is 25.1 Å². The molecule has 0 aliphatic carbocycles. The number of hydrogen-bond acceptors (Lipinski definition) is 4. The number of nitrogens with two attached hydrogens (primary N) is 1. The lowest BCUT2D eigenvalue weighted by Crippen LogP contribution is -2.36. The molecule has 0 radical (unpaired) electrons. The van der Waals surface area contributed by atoms with Crippen molar-refractivity contribution in [2.24, 2.45) is 0 Å². The van der Waals surface area contributed by atoms with E-state index in [0.717, 1.165) is 24.0 Å². The van der Waals surface area contributed by atoms with Gasteiger partial charge < -0.3 is 10.5 Å². The van der Waals surface area contributed by atoms with Gasteiger partial charge in [0.1, 0.15) is 10.6 Å². The van der Waals surface area contributed by atoms with Gasteiger partial charge in [-0.25, -0.2) is 8.42 Å². The topological polar surface area (TPSA) is 72.6 Å². The molecule has 0 bridgehead atoms. The van der Waals surface area contributed by atoms with Gasteiger partial charge in [-0.05, 0) is 55.2 Å². The molecule has 0 fully saturated rings. The van der Waals surface area contributed by atoms with E-state index in [-0.39, 0.29) is 4.90 Å². The van der Waals surface area contributed by atoms with E-state index in [9.17, 15) is 8.42 Å². The number of methoxy groups -OCH3 is 1. The van der Waals surface area contributed by atoms with Crippen LogP contribution in [0.3, 0.4) is 0 Å². The Morgan fingerprint density at radius 1 is 1.22 bits per heavy atom. The molecule has 0 saturated heterocycles. The lowest BCUT2D eigenvalue weighted by molar-refractivity contribution is 0.402. The standard InChI is InChI=1S/C17H20N2O3S/c1-12-8-9-16(22-2)17(11-12)23(20,21)19-10-4-5-13-14(18)6-3-7-15(13)19/h3,6-9,11H,4-5,10,18H2,1-2H3. The zero-order valence-electron chi connectivity index (χ0n) is 13.2. The third kappa shape index (κ3) is 2.63. The van der Waals surface area contributed by atoms with Crippen molar-refractivity contribution >= 4 is 21.4 Å². The maximum atomic E-state index is 13.2. The normalized spacial score (nSPS) is 14.4. The van der Waals surface area contributed by atoms with Gasteiger partial charge in [0.2, 0.25) is 0 Å². The Morgan fingerprint density at radius 2 is 2.00 bits per heavy atom. The molecule has 2 aromatic rings. The Morgan fingerprint density at radius 3 is 2.74 bits per heavy atom. The van der Waals surface area contributed by atoms with Gasteiger partial charge in [-0.2, -0.15) is 0 Å². The van der Waals surface area contributed by atoms with Crippen LogP contribution < -0.4 is 14.8 Å². The summed E-state index contributed by atoms with van der Waals surface area (Å²) in [4.78, 5) is 0.190. The number of rotatable bonds is 3. The van der Waals surface area contributed by atoms with Gasteiger partial charge in [0, 0.05) is 12.2 Å². The summed E-state index contributed by atoms with van der Waals surface area (Å²) in [6.45, 7) is 2.30. The summed E-state index contributed by atoms with van der Waals surface area (Å²) in [5.41, 5.74) is 9.09. The number of benzene rings is 2. The second-order valence-electron chi connectivity index (χ2n) is 5.68. The van der Waals surface area contributed by atoms with Crippen LogP contribution in [0.5, 0.6) is 5.75 Å². The highest BCUT2D eigenvalue weighted by Gasteiger charge is 2.32. The van der Waals surface area contributed by atoms with Gasteiger partial charge in [-0.3, -0.25) is 4.31 Å². The monoisotopic (exact) mass is 332 g/mol. The van der Waals surface area contributed by atoms with Crippen molar-refractivity contribution in [3.05, 3.63) is 47.5 Å². The number of fused-ring (bicyclic) bond motifs is 1. The van der Waals surface area contributed by atoms with Crippen LogP contribution in [0.4, 0.5) is 11.4 Å². The largest absolute Gasteiger partial charge is 0.495 e. The molecule has 23 heavy (non-hydrogen) atoms. The van der Waals surface area contributed by atoms with Crippen molar-refractivity contribution in [1.29, 1.82) is 0 Å². The van der Waals surface area contributed by atoms with Crippen molar-refractivity contribution in [1.82, 2.24) is 0 Å². The Kier molecular flexibility index (Phi) is 3.93. The van der Waals surface area contributed by atoms with Crippen LogP contribution in [0.1, 0.15) is 17.5 Å². The SMILES string of the molecule is COc1ccc(C)cc1S(=O)(=O)N1CCCc2c(N)cccc21. The summed E-state index contributed by atoms with van der Waals surface area (Å²) in [6, 6.07) is 10.6. The molecule has 1 aliphatic heterocycles. The lowest BCUT2D eigenvalue weighted by atomic mass is 10.0. The molecule has 2 aromatic carbocycles. The van der Waals surface area contributed by atoms with Gasteiger partial charge in [-0.15, -0.1) is 0 Å². The summed E-state index contributed by atoms with van der Waals surface area (Å²) in [5, 5.41) is 0. The molecular formula is C17H20N2O3S. The highest BCUT2D eigenvalue weighted by molar-refractivity contribution is 7.93. The number of ether oxygens (including phenoxy) is 1. The third-order valence-corrected chi connectivity index (χ3v) is 5.97. The van der Waals surface area contributed by atoms with E-state index in [2.05, 4.69) is 0 Å². The molecule has 2 N–H and O–H groups in total. The molecule has 1 aliphatic rings. The summed E-state index contributed by atoms with van der Waals surface area (Å²) in [7, 11) is -2.23. The number of nitrogens with zero attached hydrogens (tertiary/aromatic N) is 1. The van der Waals surface area contributed by atoms with Crippen LogP contribution in [0.15, 0.2) is 41.3 Å². The fourth-order valence-corrected chi connectivity index (χ4v) is 4.75. The first-order chi connectivity index (χ1) is 10.9. The molecule has 0 aromatic heterocycles. The second kappa shape index (κ2) is 5.77. The van der Waals surface area contributed by atoms with Crippen LogP contribution in [0, 0.1) is 6.92 Å². The molecule has 6 heteroatoms. The molecule has 0 unspecified atom stereocenters. The fraction of sp³-hybridized carbons (Fsp3) is 0.294. The van der Waals surface area contributed by atoms with Crippen molar-refractivity contribution in [2.75, 3.05) is 23.7 Å². The van der Waals surface area contributed by atoms with Gasteiger partial charge >= 0.3 is 0 Å². The summed E-state index contributed by atoms with van der Waals surface area (Å²) in [5.74, 6) is 0.353. The van der Waals surface area contributed by atoms with Crippen molar-refractivity contribution in [2.45, 2.75) is 24.7 Å². The minimum Gasteiger partial charge on any atom is -0.495 e. The number of sulfonamides is 1. The lowest BCUT2D eigenvalue weighted by Gasteiger charge is -2.31. The van der Waals surface area contributed by atoms with E-state index >= 15 is 0 Å². The maximum absolute atomic E-state index is 13.2. The second-order valence-corrected chi connectivity index (χ2v) is 7.51. The molecule has 0 atom stereocenters. The predicted octanol–water partition coefficient (Wildman–Crippen LogP) is 2.73. The van der Waals surface area contributed by atoms with Crippen LogP contribution in [-0.2, 0) is 16.4 Å². The summed E-state index contributed by atoms with van der Waals surface area (Å²) >= 11 is 0. The highest BCUT2D eigenvalue weighted by Crippen LogP contribution is 2.37. The average Bonchev–Trinajstić information content (AvgIpc) is 2.54. The Bertz CT molecular complexity index is 847. The molecule has 0 spiro atoms. The first kappa shape index (κ1) is 15.7. The van der Waals surface area contributed by atoms with Crippen LogP contribution >= 0.6 is 0 Å².